The molecule has 1 heterocycles. The van der Waals surface area contributed by atoms with Crippen LogP contribution in [0, 0.1) is 0 Å². The van der Waals surface area contributed by atoms with Gasteiger partial charge in [0.05, 0.1) is 6.61 Å². The zero-order chi connectivity index (χ0) is 11.5. The Morgan fingerprint density at radius 2 is 2.31 bits per heavy atom. The van der Waals surface area contributed by atoms with Crippen molar-refractivity contribution in [1.29, 1.82) is 0 Å². The van der Waals surface area contributed by atoms with E-state index in [-0.39, 0.29) is 6.42 Å². The molecule has 1 saturated carbocycles. The number of hydrogen-bond donors (Lipinski definition) is 1. The summed E-state index contributed by atoms with van der Waals surface area (Å²) >= 11 is 0. The first kappa shape index (κ1) is 10.9. The van der Waals surface area contributed by atoms with Gasteiger partial charge in [-0.05, 0) is 26.2 Å². The molecule has 0 atom stereocenters. The van der Waals surface area contributed by atoms with Gasteiger partial charge in [0.1, 0.15) is 12.2 Å². The monoisotopic (exact) mass is 225 g/mol. The van der Waals surface area contributed by atoms with Crippen molar-refractivity contribution in [2.45, 2.75) is 38.6 Å². The summed E-state index contributed by atoms with van der Waals surface area (Å²) in [5.74, 6) is -0.406. The second kappa shape index (κ2) is 4.51. The normalized spacial score (nSPS) is 15.8. The molecule has 1 aliphatic rings. The van der Waals surface area contributed by atoms with Gasteiger partial charge in [-0.15, -0.1) is 5.10 Å². The van der Waals surface area contributed by atoms with Crippen molar-refractivity contribution in [2.24, 2.45) is 0 Å². The highest BCUT2D eigenvalue weighted by molar-refractivity contribution is 5.69. The Hall–Kier alpha value is -1.59. The number of rotatable bonds is 5. The van der Waals surface area contributed by atoms with Gasteiger partial charge in [-0.25, -0.2) is 0 Å². The predicted molar refractivity (Wildman–Crippen MR) is 55.4 cm³/mol. The first-order valence-corrected chi connectivity index (χ1v) is 5.50. The van der Waals surface area contributed by atoms with Crippen LogP contribution in [0.3, 0.4) is 0 Å². The molecule has 2 rings (SSSR count). The van der Waals surface area contributed by atoms with Crippen molar-refractivity contribution < 1.29 is 14.6 Å². The molecule has 6 heteroatoms. The summed E-state index contributed by atoms with van der Waals surface area (Å²) in [5.41, 5.74) is 0. The number of carboxylic acid groups (broad SMARTS) is 1. The average molecular weight is 225 g/mol. The second-order valence-corrected chi connectivity index (χ2v) is 3.86. The molecule has 1 aliphatic carbocycles. The summed E-state index contributed by atoms with van der Waals surface area (Å²) in [4.78, 5) is 10.7. The summed E-state index contributed by atoms with van der Waals surface area (Å²) in [6, 6.07) is 0.759. The van der Waals surface area contributed by atoms with E-state index in [1.165, 1.54) is 6.42 Å². The van der Waals surface area contributed by atoms with Gasteiger partial charge in [-0.1, -0.05) is 5.10 Å². The van der Waals surface area contributed by atoms with Gasteiger partial charge < -0.3 is 9.84 Å². The molecule has 0 spiro atoms. The molecule has 16 heavy (non-hydrogen) atoms. The fourth-order valence-electron chi connectivity index (χ4n) is 1.80. The van der Waals surface area contributed by atoms with Gasteiger partial charge in [0.25, 0.3) is 0 Å². The third-order valence-corrected chi connectivity index (χ3v) is 2.76. The van der Waals surface area contributed by atoms with E-state index in [4.69, 9.17) is 9.84 Å². The topological polar surface area (TPSA) is 77.2 Å². The first-order chi connectivity index (χ1) is 7.72. The third kappa shape index (κ3) is 2.00. The molecule has 0 radical (unpaired) electrons. The predicted octanol–water partition coefficient (Wildman–Crippen LogP) is 1.03. The minimum Gasteiger partial charge on any atom is -0.481 e. The van der Waals surface area contributed by atoms with Gasteiger partial charge in [0.2, 0.25) is 0 Å². The molecule has 1 aromatic heterocycles. The van der Waals surface area contributed by atoms with E-state index >= 15 is 0 Å². The lowest BCUT2D eigenvalue weighted by molar-refractivity contribution is -0.136. The van der Waals surface area contributed by atoms with E-state index < -0.39 is 5.97 Å². The lowest BCUT2D eigenvalue weighted by Gasteiger charge is -2.28. The second-order valence-electron chi connectivity index (χ2n) is 3.86. The van der Waals surface area contributed by atoms with Gasteiger partial charge >= 0.3 is 12.0 Å². The zero-order valence-corrected chi connectivity index (χ0v) is 9.22. The summed E-state index contributed by atoms with van der Waals surface area (Å²) in [6.45, 7) is 2.38. The van der Waals surface area contributed by atoms with Gasteiger partial charge in [0, 0.05) is 6.04 Å². The van der Waals surface area contributed by atoms with Crippen LogP contribution in [0.25, 0.3) is 0 Å². The molecule has 1 aromatic rings. The van der Waals surface area contributed by atoms with Crippen molar-refractivity contribution in [3.8, 4) is 6.01 Å². The van der Waals surface area contributed by atoms with Crippen molar-refractivity contribution in [3.63, 3.8) is 0 Å². The highest BCUT2D eigenvalue weighted by Gasteiger charge is 2.27. The fourth-order valence-corrected chi connectivity index (χ4v) is 1.80. The standard InChI is InChI=1S/C10H15N3O3/c1-2-16-10-12-11-8(6-9(14)15)13(10)7-4-3-5-7/h7H,2-6H2,1H3,(H,14,15). The highest BCUT2D eigenvalue weighted by Crippen LogP contribution is 2.35. The number of hydrogen-bond acceptors (Lipinski definition) is 4. The number of nitrogens with zero attached hydrogens (tertiary/aromatic N) is 3. The maximum atomic E-state index is 10.7. The number of ether oxygens (including phenoxy) is 1. The summed E-state index contributed by atoms with van der Waals surface area (Å²) < 4.78 is 7.19. The lowest BCUT2D eigenvalue weighted by atomic mass is 9.93. The number of aromatic nitrogens is 3. The Labute approximate surface area is 93.2 Å². The SMILES string of the molecule is CCOc1nnc(CC(=O)O)n1C1CCC1. The lowest BCUT2D eigenvalue weighted by Crippen LogP contribution is -2.21. The highest BCUT2D eigenvalue weighted by atomic mass is 16.5. The minimum atomic E-state index is -0.893. The van der Waals surface area contributed by atoms with E-state index in [2.05, 4.69) is 10.2 Å². The van der Waals surface area contributed by atoms with Crippen LogP contribution in [-0.2, 0) is 11.2 Å². The summed E-state index contributed by atoms with van der Waals surface area (Å²) in [6.07, 6.45) is 3.16. The van der Waals surface area contributed by atoms with E-state index in [0.717, 1.165) is 12.8 Å². The van der Waals surface area contributed by atoms with Crippen LogP contribution in [0.5, 0.6) is 6.01 Å². The molecule has 0 unspecified atom stereocenters. The quantitative estimate of drug-likeness (QED) is 0.809. The molecule has 6 nitrogen and oxygen atoms in total. The maximum Gasteiger partial charge on any atom is 0.317 e. The first-order valence-electron chi connectivity index (χ1n) is 5.50. The van der Waals surface area contributed by atoms with Crippen LogP contribution < -0.4 is 4.74 Å². The molecule has 0 aromatic carbocycles. The molecular weight excluding hydrogens is 210 g/mol. The van der Waals surface area contributed by atoms with Crippen LogP contribution in [0.1, 0.15) is 38.1 Å². The molecular formula is C10H15N3O3. The van der Waals surface area contributed by atoms with Crippen LogP contribution >= 0.6 is 0 Å². The Bertz CT molecular complexity index is 385. The number of carbonyl (C=O) groups is 1. The Morgan fingerprint density at radius 3 is 2.81 bits per heavy atom. The molecule has 1 fully saturated rings. The van der Waals surface area contributed by atoms with E-state index in [0.29, 0.717) is 24.5 Å². The average Bonchev–Trinajstić information content (AvgIpc) is 2.48. The molecule has 88 valence electrons. The number of carboxylic acids is 1. The summed E-state index contributed by atoms with van der Waals surface area (Å²) in [5, 5.41) is 16.6. The van der Waals surface area contributed by atoms with Gasteiger partial charge in [-0.3, -0.25) is 9.36 Å². The van der Waals surface area contributed by atoms with E-state index in [9.17, 15) is 4.79 Å². The molecule has 1 N–H and O–H groups in total. The maximum absolute atomic E-state index is 10.7. The number of aliphatic carboxylic acids is 1. The van der Waals surface area contributed by atoms with Crippen LogP contribution in [0.2, 0.25) is 0 Å². The molecule has 0 saturated heterocycles. The van der Waals surface area contributed by atoms with Gasteiger partial charge in [0.15, 0.2) is 0 Å². The molecule has 0 aliphatic heterocycles. The van der Waals surface area contributed by atoms with Crippen molar-refractivity contribution in [1.82, 2.24) is 14.8 Å². The Balaban J connectivity index is 2.25. The van der Waals surface area contributed by atoms with Crippen molar-refractivity contribution >= 4 is 5.97 Å². The third-order valence-electron chi connectivity index (χ3n) is 2.76. The summed E-state index contributed by atoms with van der Waals surface area (Å²) in [7, 11) is 0. The van der Waals surface area contributed by atoms with Crippen molar-refractivity contribution in [3.05, 3.63) is 5.82 Å². The van der Waals surface area contributed by atoms with Crippen molar-refractivity contribution in [2.75, 3.05) is 6.61 Å². The fraction of sp³-hybridized carbons (Fsp3) is 0.700. The van der Waals surface area contributed by atoms with E-state index in [1.807, 2.05) is 11.5 Å². The van der Waals surface area contributed by atoms with E-state index in [1.54, 1.807) is 0 Å². The zero-order valence-electron chi connectivity index (χ0n) is 9.22. The van der Waals surface area contributed by atoms with Crippen LogP contribution in [-0.4, -0.2) is 32.4 Å². The largest absolute Gasteiger partial charge is 0.481 e. The van der Waals surface area contributed by atoms with Crippen LogP contribution in [0.15, 0.2) is 0 Å². The molecule has 0 bridgehead atoms. The van der Waals surface area contributed by atoms with Crippen LogP contribution in [0.4, 0.5) is 0 Å². The Kier molecular flexibility index (Phi) is 3.07. The van der Waals surface area contributed by atoms with Gasteiger partial charge in [-0.2, -0.15) is 0 Å². The molecule has 0 amide bonds. The minimum absolute atomic E-state index is 0.101. The smallest absolute Gasteiger partial charge is 0.317 e. The Morgan fingerprint density at radius 1 is 1.56 bits per heavy atom.